The van der Waals surface area contributed by atoms with Crippen molar-refractivity contribution < 1.29 is 14.8 Å². The standard InChI is InChI=1S/C20H18N2O3S/c1-22(25)20(24)18-11-14-10-13(7-9-17(14)26-18)19(23)21-16-8-6-12-4-2-3-5-15(12)16/h2-5,7,9-11,16,25H,6,8H2,1H3,(H,21,23). The van der Waals surface area contributed by atoms with E-state index in [1.54, 1.807) is 18.2 Å². The Kier molecular flexibility index (Phi) is 4.22. The highest BCUT2D eigenvalue weighted by Crippen LogP contribution is 2.31. The van der Waals surface area contributed by atoms with Crippen molar-refractivity contribution in [1.82, 2.24) is 10.4 Å². The first-order chi connectivity index (χ1) is 12.5. The molecular weight excluding hydrogens is 348 g/mol. The minimum Gasteiger partial charge on any atom is -0.345 e. The van der Waals surface area contributed by atoms with Crippen LogP contribution in [0.1, 0.15) is 43.6 Å². The number of hydrogen-bond acceptors (Lipinski definition) is 4. The summed E-state index contributed by atoms with van der Waals surface area (Å²) in [4.78, 5) is 25.0. The van der Waals surface area contributed by atoms with Crippen molar-refractivity contribution in [3.05, 3.63) is 70.1 Å². The molecule has 0 aliphatic heterocycles. The van der Waals surface area contributed by atoms with E-state index in [-0.39, 0.29) is 11.9 Å². The van der Waals surface area contributed by atoms with Crippen LogP contribution in [0.2, 0.25) is 0 Å². The zero-order chi connectivity index (χ0) is 18.3. The SMILES string of the molecule is CN(O)C(=O)c1cc2cc(C(=O)NC3CCc4ccccc43)ccc2s1. The first-order valence-corrected chi connectivity index (χ1v) is 9.24. The lowest BCUT2D eigenvalue weighted by molar-refractivity contribution is -0.0370. The maximum absolute atomic E-state index is 12.7. The molecule has 2 N–H and O–H groups in total. The van der Waals surface area contributed by atoms with E-state index in [0.29, 0.717) is 15.5 Å². The Morgan fingerprint density at radius 3 is 2.81 bits per heavy atom. The van der Waals surface area contributed by atoms with Gasteiger partial charge in [0.15, 0.2) is 0 Å². The number of hydroxylamine groups is 2. The van der Waals surface area contributed by atoms with E-state index in [2.05, 4.69) is 17.4 Å². The monoisotopic (exact) mass is 366 g/mol. The Morgan fingerprint density at radius 2 is 2.00 bits per heavy atom. The first kappa shape index (κ1) is 16.8. The summed E-state index contributed by atoms with van der Waals surface area (Å²) in [7, 11) is 1.30. The maximum Gasteiger partial charge on any atom is 0.287 e. The minimum atomic E-state index is -0.459. The van der Waals surface area contributed by atoms with Gasteiger partial charge in [-0.3, -0.25) is 14.8 Å². The summed E-state index contributed by atoms with van der Waals surface area (Å²) in [5.74, 6) is -0.577. The smallest absolute Gasteiger partial charge is 0.287 e. The van der Waals surface area contributed by atoms with Gasteiger partial charge in [-0.05, 0) is 53.6 Å². The summed E-state index contributed by atoms with van der Waals surface area (Å²) in [6.07, 6.45) is 1.89. The molecular formula is C20H18N2O3S. The predicted octanol–water partition coefficient (Wildman–Crippen LogP) is 3.78. The minimum absolute atomic E-state index is 0.0389. The van der Waals surface area contributed by atoms with Gasteiger partial charge in [-0.25, -0.2) is 5.06 Å². The molecule has 2 amide bonds. The van der Waals surface area contributed by atoms with Gasteiger partial charge in [0.1, 0.15) is 0 Å². The van der Waals surface area contributed by atoms with E-state index < -0.39 is 5.91 Å². The fourth-order valence-electron chi connectivity index (χ4n) is 3.40. The molecule has 132 valence electrons. The topological polar surface area (TPSA) is 69.6 Å². The fourth-order valence-corrected chi connectivity index (χ4v) is 4.41. The highest BCUT2D eigenvalue weighted by molar-refractivity contribution is 7.20. The van der Waals surface area contributed by atoms with E-state index >= 15 is 0 Å². The Hall–Kier alpha value is -2.70. The third-order valence-corrected chi connectivity index (χ3v) is 5.83. The van der Waals surface area contributed by atoms with Crippen molar-refractivity contribution in [2.75, 3.05) is 7.05 Å². The number of benzene rings is 2. The molecule has 1 aromatic heterocycles. The van der Waals surface area contributed by atoms with Crippen molar-refractivity contribution in [3.63, 3.8) is 0 Å². The van der Waals surface area contributed by atoms with Crippen molar-refractivity contribution in [2.45, 2.75) is 18.9 Å². The normalized spacial score (nSPS) is 15.7. The van der Waals surface area contributed by atoms with Crippen LogP contribution in [0.5, 0.6) is 0 Å². The molecule has 0 saturated heterocycles. The molecule has 1 atom stereocenters. The number of aryl methyl sites for hydroxylation is 1. The second-order valence-corrected chi connectivity index (χ2v) is 7.54. The molecule has 1 aliphatic carbocycles. The molecule has 26 heavy (non-hydrogen) atoms. The molecule has 0 fully saturated rings. The number of carbonyl (C=O) groups excluding carboxylic acids is 2. The van der Waals surface area contributed by atoms with Gasteiger partial charge in [-0.2, -0.15) is 0 Å². The molecule has 5 nitrogen and oxygen atoms in total. The highest BCUT2D eigenvalue weighted by Gasteiger charge is 2.24. The molecule has 0 bridgehead atoms. The second-order valence-electron chi connectivity index (χ2n) is 6.46. The lowest BCUT2D eigenvalue weighted by Gasteiger charge is -2.14. The van der Waals surface area contributed by atoms with Crippen molar-refractivity contribution in [1.29, 1.82) is 0 Å². The largest absolute Gasteiger partial charge is 0.345 e. The number of rotatable bonds is 3. The predicted molar refractivity (Wildman–Crippen MR) is 101 cm³/mol. The number of nitrogens with one attached hydrogen (secondary N) is 1. The van der Waals surface area contributed by atoms with Gasteiger partial charge in [-0.1, -0.05) is 24.3 Å². The van der Waals surface area contributed by atoms with E-state index in [4.69, 9.17) is 0 Å². The summed E-state index contributed by atoms with van der Waals surface area (Å²) < 4.78 is 0.901. The van der Waals surface area contributed by atoms with Crippen LogP contribution in [0.4, 0.5) is 0 Å². The first-order valence-electron chi connectivity index (χ1n) is 8.42. The van der Waals surface area contributed by atoms with Gasteiger partial charge < -0.3 is 5.32 Å². The fraction of sp³-hybridized carbons (Fsp3) is 0.200. The summed E-state index contributed by atoms with van der Waals surface area (Å²) in [5.41, 5.74) is 3.05. The van der Waals surface area contributed by atoms with Gasteiger partial charge >= 0.3 is 0 Å². The van der Waals surface area contributed by atoms with Crippen LogP contribution in [0.3, 0.4) is 0 Å². The lowest BCUT2D eigenvalue weighted by Crippen LogP contribution is -2.27. The number of thiophene rings is 1. The molecule has 0 saturated carbocycles. The van der Waals surface area contributed by atoms with Crippen LogP contribution >= 0.6 is 11.3 Å². The number of nitrogens with zero attached hydrogens (tertiary/aromatic N) is 1. The summed E-state index contributed by atoms with van der Waals surface area (Å²) in [5, 5.41) is 13.8. The Labute approximate surface area is 154 Å². The number of hydrogen-bond donors (Lipinski definition) is 2. The van der Waals surface area contributed by atoms with Crippen LogP contribution < -0.4 is 5.32 Å². The van der Waals surface area contributed by atoms with Crippen molar-refractivity contribution >= 4 is 33.2 Å². The average molecular weight is 366 g/mol. The van der Waals surface area contributed by atoms with Gasteiger partial charge in [0.05, 0.1) is 10.9 Å². The van der Waals surface area contributed by atoms with Gasteiger partial charge in [0.25, 0.3) is 11.8 Å². The molecule has 4 rings (SSSR count). The van der Waals surface area contributed by atoms with E-state index in [1.165, 1.54) is 29.5 Å². The van der Waals surface area contributed by atoms with Gasteiger partial charge in [0, 0.05) is 17.3 Å². The summed E-state index contributed by atoms with van der Waals surface area (Å²) in [6.45, 7) is 0. The van der Waals surface area contributed by atoms with E-state index in [9.17, 15) is 14.8 Å². The van der Waals surface area contributed by atoms with Crippen LogP contribution in [-0.4, -0.2) is 29.1 Å². The Morgan fingerprint density at radius 1 is 1.19 bits per heavy atom. The zero-order valence-electron chi connectivity index (χ0n) is 14.2. The molecule has 1 unspecified atom stereocenters. The molecule has 3 aromatic rings. The van der Waals surface area contributed by atoms with Crippen LogP contribution in [0, 0.1) is 0 Å². The molecule has 1 aliphatic rings. The summed E-state index contributed by atoms with van der Waals surface area (Å²) >= 11 is 1.29. The van der Waals surface area contributed by atoms with E-state index in [1.807, 2.05) is 18.2 Å². The van der Waals surface area contributed by atoms with Crippen LogP contribution in [0.15, 0.2) is 48.5 Å². The second kappa shape index (κ2) is 6.55. The number of fused-ring (bicyclic) bond motifs is 2. The van der Waals surface area contributed by atoms with Crippen LogP contribution in [-0.2, 0) is 6.42 Å². The Balaban J connectivity index is 1.57. The van der Waals surface area contributed by atoms with Crippen LogP contribution in [0.25, 0.3) is 10.1 Å². The van der Waals surface area contributed by atoms with Gasteiger partial charge in [0.2, 0.25) is 0 Å². The highest BCUT2D eigenvalue weighted by atomic mass is 32.1. The molecule has 1 heterocycles. The van der Waals surface area contributed by atoms with Crippen molar-refractivity contribution in [2.24, 2.45) is 0 Å². The van der Waals surface area contributed by atoms with Crippen molar-refractivity contribution in [3.8, 4) is 0 Å². The zero-order valence-corrected chi connectivity index (χ0v) is 15.0. The van der Waals surface area contributed by atoms with Gasteiger partial charge in [-0.15, -0.1) is 11.3 Å². The number of carbonyl (C=O) groups is 2. The van der Waals surface area contributed by atoms with E-state index in [0.717, 1.165) is 22.9 Å². The quantitative estimate of drug-likeness (QED) is 0.547. The Bertz CT molecular complexity index is 1010. The molecule has 0 radical (unpaired) electrons. The summed E-state index contributed by atoms with van der Waals surface area (Å²) in [6, 6.07) is 15.3. The molecule has 6 heteroatoms. The molecule has 2 aromatic carbocycles. The maximum atomic E-state index is 12.7. The third-order valence-electron chi connectivity index (χ3n) is 4.72. The number of amides is 2. The third kappa shape index (κ3) is 2.98. The average Bonchev–Trinajstić information content (AvgIpc) is 3.24. The lowest BCUT2D eigenvalue weighted by atomic mass is 10.1. The molecule has 0 spiro atoms.